The van der Waals surface area contributed by atoms with E-state index in [9.17, 15) is 18.0 Å². The lowest BCUT2D eigenvalue weighted by Crippen LogP contribution is -2.15. The number of halogens is 3. The number of pyridine rings is 1. The molecule has 5 aromatic rings. The van der Waals surface area contributed by atoms with Gasteiger partial charge in [-0.3, -0.25) is 13.9 Å². The number of fused-ring (bicyclic) bond motifs is 1. The van der Waals surface area contributed by atoms with Crippen LogP contribution in [-0.2, 0) is 13.2 Å². The number of nitrogens with one attached hydrogen (secondary N) is 1. The number of nitrogens with zero attached hydrogens (tertiary/aromatic N) is 4. The van der Waals surface area contributed by atoms with E-state index >= 15 is 0 Å². The van der Waals surface area contributed by atoms with Gasteiger partial charge in [-0.05, 0) is 48.9 Å². The molecule has 182 valence electrons. The third-order valence-electron chi connectivity index (χ3n) is 5.56. The second kappa shape index (κ2) is 9.57. The predicted octanol–water partition coefficient (Wildman–Crippen LogP) is 5.14. The summed E-state index contributed by atoms with van der Waals surface area (Å²) in [6.07, 6.45) is 4.78. The highest BCUT2D eigenvalue weighted by Crippen LogP contribution is 2.25. The molecule has 2 aromatic carbocycles. The first kappa shape index (κ1) is 23.2. The van der Waals surface area contributed by atoms with Gasteiger partial charge < -0.3 is 10.1 Å². The van der Waals surface area contributed by atoms with E-state index in [-0.39, 0.29) is 29.4 Å². The number of hydrogen-bond donors (Lipinski definition) is 1. The molecule has 36 heavy (non-hydrogen) atoms. The third-order valence-corrected chi connectivity index (χ3v) is 5.56. The quantitative estimate of drug-likeness (QED) is 0.342. The first-order valence-corrected chi connectivity index (χ1v) is 11.0. The van der Waals surface area contributed by atoms with Crippen LogP contribution in [-0.4, -0.2) is 25.1 Å². The lowest BCUT2D eigenvalue weighted by molar-refractivity contribution is 0.102. The zero-order chi connectivity index (χ0) is 25.2. The van der Waals surface area contributed by atoms with Crippen molar-refractivity contribution in [2.45, 2.75) is 20.1 Å². The summed E-state index contributed by atoms with van der Waals surface area (Å²) in [4.78, 5) is 17.5. The van der Waals surface area contributed by atoms with Crippen molar-refractivity contribution >= 4 is 17.2 Å². The maximum atomic E-state index is 14.0. The molecule has 0 bridgehead atoms. The minimum absolute atomic E-state index is 0.198. The molecule has 0 aliphatic rings. The van der Waals surface area contributed by atoms with Gasteiger partial charge in [-0.15, -0.1) is 0 Å². The van der Waals surface area contributed by atoms with E-state index in [1.165, 1.54) is 24.4 Å². The number of carbonyl (C=O) groups excluding carboxylic acids is 1. The van der Waals surface area contributed by atoms with Crippen LogP contribution in [0.3, 0.4) is 0 Å². The molecule has 1 amide bonds. The Morgan fingerprint density at radius 2 is 1.83 bits per heavy atom. The number of carbonyl (C=O) groups is 1. The number of hydrogen-bond acceptors (Lipinski definition) is 4. The van der Waals surface area contributed by atoms with E-state index in [0.29, 0.717) is 23.6 Å². The zero-order valence-electron chi connectivity index (χ0n) is 19.1. The molecule has 0 spiro atoms. The van der Waals surface area contributed by atoms with Crippen LogP contribution in [0.15, 0.2) is 73.2 Å². The zero-order valence-corrected chi connectivity index (χ0v) is 19.1. The van der Waals surface area contributed by atoms with Crippen molar-refractivity contribution in [1.82, 2.24) is 19.2 Å². The van der Waals surface area contributed by atoms with Gasteiger partial charge >= 0.3 is 0 Å². The fourth-order valence-electron chi connectivity index (χ4n) is 3.89. The van der Waals surface area contributed by atoms with Gasteiger partial charge in [-0.2, -0.15) is 5.10 Å². The van der Waals surface area contributed by atoms with Crippen molar-refractivity contribution in [1.29, 1.82) is 0 Å². The molecule has 0 radical (unpaired) electrons. The van der Waals surface area contributed by atoms with Crippen LogP contribution < -0.4 is 10.1 Å². The Kier molecular flexibility index (Phi) is 6.16. The van der Waals surface area contributed by atoms with Crippen LogP contribution in [0.5, 0.6) is 5.75 Å². The second-order valence-corrected chi connectivity index (χ2v) is 8.11. The third kappa shape index (κ3) is 4.65. The average Bonchev–Trinajstić information content (AvgIpc) is 3.41. The molecule has 0 saturated carbocycles. The second-order valence-electron chi connectivity index (χ2n) is 8.11. The molecule has 0 aliphatic carbocycles. The van der Waals surface area contributed by atoms with Crippen molar-refractivity contribution in [2.75, 3.05) is 5.32 Å². The van der Waals surface area contributed by atoms with Gasteiger partial charge in [0.05, 0.1) is 29.7 Å². The summed E-state index contributed by atoms with van der Waals surface area (Å²) in [5.41, 5.74) is 2.03. The number of ether oxygens (including phenoxy) is 1. The number of rotatable bonds is 7. The minimum atomic E-state index is -0.709. The minimum Gasteiger partial charge on any atom is -0.485 e. The van der Waals surface area contributed by atoms with E-state index < -0.39 is 17.5 Å². The number of amides is 1. The first-order valence-electron chi connectivity index (χ1n) is 11.0. The molecule has 3 aromatic heterocycles. The van der Waals surface area contributed by atoms with Crippen molar-refractivity contribution in [2.24, 2.45) is 0 Å². The molecule has 1 N–H and O–H groups in total. The van der Waals surface area contributed by atoms with Crippen molar-refractivity contribution in [3.05, 3.63) is 113 Å². The predicted molar refractivity (Wildman–Crippen MR) is 126 cm³/mol. The molecule has 0 unspecified atom stereocenters. The number of benzene rings is 2. The van der Waals surface area contributed by atoms with Crippen LogP contribution in [0.25, 0.3) is 5.65 Å². The lowest BCUT2D eigenvalue weighted by Gasteiger charge is -2.09. The van der Waals surface area contributed by atoms with Crippen LogP contribution >= 0.6 is 0 Å². The first-order chi connectivity index (χ1) is 17.4. The van der Waals surface area contributed by atoms with Crippen molar-refractivity contribution < 1.29 is 22.7 Å². The Hall–Kier alpha value is -4.60. The number of aromatic nitrogens is 4. The Balaban J connectivity index is 1.35. The van der Waals surface area contributed by atoms with E-state index in [4.69, 9.17) is 4.74 Å². The highest BCUT2D eigenvalue weighted by molar-refractivity contribution is 6.04. The molecular weight excluding hydrogens is 471 g/mol. The Morgan fingerprint density at radius 1 is 1.06 bits per heavy atom. The fraction of sp³-hybridized carbons (Fsp3) is 0.115. The molecule has 7 nitrogen and oxygen atoms in total. The monoisotopic (exact) mass is 491 g/mol. The van der Waals surface area contributed by atoms with E-state index in [2.05, 4.69) is 15.4 Å². The molecule has 0 fully saturated rings. The molecule has 10 heteroatoms. The van der Waals surface area contributed by atoms with Gasteiger partial charge in [0, 0.05) is 12.4 Å². The molecule has 3 heterocycles. The normalized spacial score (nSPS) is 11.1. The van der Waals surface area contributed by atoms with Gasteiger partial charge in [0.25, 0.3) is 5.91 Å². The topological polar surface area (TPSA) is 73.5 Å². The smallest absolute Gasteiger partial charge is 0.274 e. The Bertz CT molecular complexity index is 1560. The summed E-state index contributed by atoms with van der Waals surface area (Å²) < 4.78 is 50.2. The standard InChI is InChI=1S/C26H20F3N5O2/c1-16-24(26(35)32-19-12-30-33(14-19)13-17-5-2-6-18(27)11-17)34-10-4-9-23(25(34)31-16)36-15-20-21(28)7-3-8-22(20)29/h2-12,14H,13,15H2,1H3,(H,32,35). The number of anilines is 1. The summed E-state index contributed by atoms with van der Waals surface area (Å²) in [7, 11) is 0. The highest BCUT2D eigenvalue weighted by Gasteiger charge is 2.20. The molecule has 5 rings (SSSR count). The average molecular weight is 491 g/mol. The van der Waals surface area contributed by atoms with Gasteiger partial charge in [-0.25, -0.2) is 18.2 Å². The van der Waals surface area contributed by atoms with E-state index in [1.54, 1.807) is 52.7 Å². The van der Waals surface area contributed by atoms with Crippen molar-refractivity contribution in [3.8, 4) is 5.75 Å². The van der Waals surface area contributed by atoms with Gasteiger partial charge in [0.15, 0.2) is 11.4 Å². The summed E-state index contributed by atoms with van der Waals surface area (Å²) in [5.74, 6) is -1.91. The summed E-state index contributed by atoms with van der Waals surface area (Å²) in [6.45, 7) is 1.68. The maximum absolute atomic E-state index is 14.0. The fourth-order valence-corrected chi connectivity index (χ4v) is 3.89. The van der Waals surface area contributed by atoms with Gasteiger partial charge in [0.2, 0.25) is 0 Å². The molecule has 0 saturated heterocycles. The lowest BCUT2D eigenvalue weighted by atomic mass is 10.2. The molecular formula is C26H20F3N5O2. The summed E-state index contributed by atoms with van der Waals surface area (Å²) >= 11 is 0. The van der Waals surface area contributed by atoms with E-state index in [0.717, 1.165) is 17.7 Å². The van der Waals surface area contributed by atoms with Crippen molar-refractivity contribution in [3.63, 3.8) is 0 Å². The number of aryl methyl sites for hydroxylation is 1. The Morgan fingerprint density at radius 3 is 2.61 bits per heavy atom. The molecule has 0 aliphatic heterocycles. The Labute approximate surface area is 203 Å². The highest BCUT2D eigenvalue weighted by atomic mass is 19.1. The SMILES string of the molecule is Cc1nc2c(OCc3c(F)cccc3F)cccn2c1C(=O)Nc1cnn(Cc2cccc(F)c2)c1. The van der Waals surface area contributed by atoms with Crippen LogP contribution in [0, 0.1) is 24.4 Å². The number of imidazole rings is 1. The van der Waals surface area contributed by atoms with Crippen LogP contribution in [0.2, 0.25) is 0 Å². The van der Waals surface area contributed by atoms with Gasteiger partial charge in [-0.1, -0.05) is 18.2 Å². The largest absolute Gasteiger partial charge is 0.485 e. The molecule has 0 atom stereocenters. The van der Waals surface area contributed by atoms with Gasteiger partial charge in [0.1, 0.15) is 29.8 Å². The van der Waals surface area contributed by atoms with E-state index in [1.807, 2.05) is 0 Å². The maximum Gasteiger partial charge on any atom is 0.274 e. The van der Waals surface area contributed by atoms with Crippen LogP contribution in [0.4, 0.5) is 18.9 Å². The van der Waals surface area contributed by atoms with Crippen LogP contribution in [0.1, 0.15) is 27.3 Å². The summed E-state index contributed by atoms with van der Waals surface area (Å²) in [6, 6.07) is 13.0. The summed E-state index contributed by atoms with van der Waals surface area (Å²) in [5, 5.41) is 7.01.